The van der Waals surface area contributed by atoms with Crippen LogP contribution in [0, 0.1) is 28.1 Å². The second kappa shape index (κ2) is 10.5. The third kappa shape index (κ3) is 4.78. The van der Waals surface area contributed by atoms with Crippen LogP contribution in [0.25, 0.3) is 23.0 Å². The summed E-state index contributed by atoms with van der Waals surface area (Å²) in [5.41, 5.74) is -2.30. The number of allylic oxidation sites excluding steroid dienone is 2. The van der Waals surface area contributed by atoms with Crippen LogP contribution < -0.4 is 0 Å². The molecule has 0 amide bonds. The molecule has 7 nitrogen and oxygen atoms in total. The third-order valence-corrected chi connectivity index (χ3v) is 10.2. The van der Waals surface area contributed by atoms with E-state index in [0.717, 1.165) is 30.0 Å². The maximum absolute atomic E-state index is 14.5. The lowest BCUT2D eigenvalue weighted by atomic mass is 9.43. The Kier molecular flexibility index (Phi) is 7.60. The van der Waals surface area contributed by atoms with E-state index in [1.807, 2.05) is 31.2 Å². The fourth-order valence-corrected chi connectivity index (χ4v) is 8.31. The highest BCUT2D eigenvalue weighted by atomic mass is 16.3. The van der Waals surface area contributed by atoms with Crippen LogP contribution in [0.1, 0.15) is 84.9 Å². The molecule has 238 valence electrons. The highest BCUT2D eigenvalue weighted by Gasteiger charge is 2.72. The van der Waals surface area contributed by atoms with E-state index in [0.29, 0.717) is 5.56 Å². The van der Waals surface area contributed by atoms with Crippen molar-refractivity contribution >= 4 is 29.2 Å². The molecule has 0 aliphatic heterocycles. The Bertz CT molecular complexity index is 1720. The molecule has 2 aromatic carbocycles. The zero-order chi connectivity index (χ0) is 33.4. The van der Waals surface area contributed by atoms with Gasteiger partial charge in [0.05, 0.1) is 5.56 Å². The molecule has 0 radical (unpaired) electrons. The van der Waals surface area contributed by atoms with E-state index >= 15 is 0 Å². The summed E-state index contributed by atoms with van der Waals surface area (Å²) in [6, 6.07) is 11.2. The van der Waals surface area contributed by atoms with Crippen LogP contribution in [0.5, 0.6) is 5.75 Å². The number of aromatic hydroxyl groups is 1. The highest BCUT2D eigenvalue weighted by molar-refractivity contribution is 6.24. The minimum Gasteiger partial charge on any atom is -0.508 e. The van der Waals surface area contributed by atoms with Crippen molar-refractivity contribution in [3.8, 4) is 16.9 Å². The van der Waals surface area contributed by atoms with E-state index in [9.17, 15) is 34.8 Å². The molecular weight excluding hydrogens is 568 g/mol. The number of phenolic OH excluding ortho intramolecular Hbond substituents is 1. The molecular formula is C38H44O7. The summed E-state index contributed by atoms with van der Waals surface area (Å²) in [5, 5.41) is 46.3. The van der Waals surface area contributed by atoms with Crippen molar-refractivity contribution in [1.29, 1.82) is 0 Å². The number of ketones is 3. The number of benzene rings is 2. The van der Waals surface area contributed by atoms with Gasteiger partial charge in [0.25, 0.3) is 0 Å². The lowest BCUT2D eigenvalue weighted by Gasteiger charge is -2.59. The Labute approximate surface area is 265 Å². The number of Topliss-reactive ketones (excluding diaryl/α,β-unsaturated/α-hetero) is 3. The molecule has 4 N–H and O–H groups in total. The number of hydrogen-bond donors (Lipinski definition) is 4. The van der Waals surface area contributed by atoms with Gasteiger partial charge in [-0.05, 0) is 65.8 Å². The van der Waals surface area contributed by atoms with Gasteiger partial charge in [-0.2, -0.15) is 0 Å². The predicted octanol–water partition coefficient (Wildman–Crippen LogP) is 7.31. The first kappa shape index (κ1) is 32.4. The molecule has 4 atom stereocenters. The van der Waals surface area contributed by atoms with Crippen molar-refractivity contribution in [3.05, 3.63) is 76.1 Å². The van der Waals surface area contributed by atoms with Gasteiger partial charge in [0.2, 0.25) is 5.78 Å². The van der Waals surface area contributed by atoms with E-state index in [1.54, 1.807) is 26.8 Å². The average molecular weight is 613 g/mol. The van der Waals surface area contributed by atoms with E-state index in [1.165, 1.54) is 6.07 Å². The van der Waals surface area contributed by atoms with Crippen LogP contribution in [0.15, 0.2) is 59.4 Å². The van der Waals surface area contributed by atoms with Gasteiger partial charge in [0, 0.05) is 22.3 Å². The number of carbonyl (C=O) groups is 3. The summed E-state index contributed by atoms with van der Waals surface area (Å²) in [7, 11) is 0. The molecule has 0 aromatic heterocycles. The largest absolute Gasteiger partial charge is 0.508 e. The zero-order valence-electron chi connectivity index (χ0n) is 27.4. The maximum atomic E-state index is 14.5. The summed E-state index contributed by atoms with van der Waals surface area (Å²) < 4.78 is 0. The number of phenols is 1. The number of aliphatic hydroxyl groups excluding tert-OH is 2. The first-order valence-electron chi connectivity index (χ1n) is 15.6. The van der Waals surface area contributed by atoms with Gasteiger partial charge in [0.15, 0.2) is 17.2 Å². The Morgan fingerprint density at radius 2 is 1.64 bits per heavy atom. The average Bonchev–Trinajstić information content (AvgIpc) is 2.90. The van der Waals surface area contributed by atoms with Gasteiger partial charge >= 0.3 is 0 Å². The zero-order valence-corrected chi connectivity index (χ0v) is 27.4. The standard InChI is InChI=1S/C38H44O7/c1-20(2)29-31(41)27(21(3)39)33(43)38(45)34(44)30-32(42)28-25(18-36(30,7)19-37(29,38)8)24(15-16-26(28)40)23-13-11-22(12-14-23)10-9-17-35(4,5)6/h9-16,20,29,40,42-43,45H,17-19H2,1-8H3/b10-9-/t29?,36-,37-,38+/m1/s1. The number of fused-ring (bicyclic) bond motifs is 3. The molecule has 0 bridgehead atoms. The molecule has 45 heavy (non-hydrogen) atoms. The Hall–Kier alpha value is -3.97. The topological polar surface area (TPSA) is 132 Å². The van der Waals surface area contributed by atoms with Crippen molar-refractivity contribution in [2.75, 3.05) is 0 Å². The van der Waals surface area contributed by atoms with Crippen LogP contribution in [0.2, 0.25) is 0 Å². The number of rotatable bonds is 5. The maximum Gasteiger partial charge on any atom is 0.203 e. The van der Waals surface area contributed by atoms with Gasteiger partial charge < -0.3 is 20.4 Å². The molecule has 0 spiro atoms. The predicted molar refractivity (Wildman–Crippen MR) is 174 cm³/mol. The smallest absolute Gasteiger partial charge is 0.203 e. The fourth-order valence-electron chi connectivity index (χ4n) is 8.31. The lowest BCUT2D eigenvalue weighted by molar-refractivity contribution is -0.178. The first-order valence-corrected chi connectivity index (χ1v) is 15.6. The summed E-state index contributed by atoms with van der Waals surface area (Å²) in [6.07, 6.45) is 5.44. The van der Waals surface area contributed by atoms with Crippen LogP contribution in [-0.4, -0.2) is 43.4 Å². The molecule has 3 aliphatic rings. The van der Waals surface area contributed by atoms with Crippen LogP contribution in [0.4, 0.5) is 0 Å². The van der Waals surface area contributed by atoms with E-state index in [2.05, 4.69) is 32.9 Å². The van der Waals surface area contributed by atoms with Gasteiger partial charge in [-0.25, -0.2) is 0 Å². The SMILES string of the molecule is CC(=O)C1=C(O)[C@]2(O)C(=O)C3=C(O)c4c(O)ccc(-c5ccc(/C=C\CC(C)(C)C)cc5)c4C[C@]3(C)C[C@]2(C)C(C(C)C)C1=O. The van der Waals surface area contributed by atoms with E-state index < -0.39 is 56.8 Å². The van der Waals surface area contributed by atoms with E-state index in [-0.39, 0.29) is 41.1 Å². The molecule has 0 heterocycles. The van der Waals surface area contributed by atoms with Crippen LogP contribution in [0.3, 0.4) is 0 Å². The molecule has 1 fully saturated rings. The third-order valence-electron chi connectivity index (χ3n) is 10.2. The molecule has 7 heteroatoms. The van der Waals surface area contributed by atoms with Crippen molar-refractivity contribution in [2.24, 2.45) is 28.1 Å². The molecule has 5 rings (SSSR count). The van der Waals surface area contributed by atoms with Gasteiger partial charge in [-0.15, -0.1) is 0 Å². The van der Waals surface area contributed by atoms with Crippen molar-refractivity contribution in [1.82, 2.24) is 0 Å². The Morgan fingerprint density at radius 1 is 1.02 bits per heavy atom. The number of carbonyl (C=O) groups excluding carboxylic acids is 3. The molecule has 0 saturated heterocycles. The molecule has 3 aliphatic carbocycles. The summed E-state index contributed by atoms with van der Waals surface area (Å²) >= 11 is 0. The van der Waals surface area contributed by atoms with E-state index in [4.69, 9.17) is 0 Å². The monoisotopic (exact) mass is 612 g/mol. The first-order chi connectivity index (χ1) is 20.8. The minimum absolute atomic E-state index is 0.0531. The minimum atomic E-state index is -2.62. The number of hydrogen-bond acceptors (Lipinski definition) is 7. The quantitative estimate of drug-likeness (QED) is 0.260. The van der Waals surface area contributed by atoms with Crippen molar-refractivity contribution < 1.29 is 34.8 Å². The van der Waals surface area contributed by atoms with Gasteiger partial charge in [0.1, 0.15) is 22.8 Å². The summed E-state index contributed by atoms with van der Waals surface area (Å²) in [4.78, 5) is 40.8. The summed E-state index contributed by atoms with van der Waals surface area (Å²) in [6.45, 7) is 14.7. The molecule has 1 saturated carbocycles. The lowest BCUT2D eigenvalue weighted by Crippen LogP contribution is -2.69. The van der Waals surface area contributed by atoms with Gasteiger partial charge in [-0.1, -0.05) is 91.0 Å². The van der Waals surface area contributed by atoms with Crippen LogP contribution >= 0.6 is 0 Å². The van der Waals surface area contributed by atoms with Crippen LogP contribution in [-0.2, 0) is 20.8 Å². The van der Waals surface area contributed by atoms with Gasteiger partial charge in [-0.3, -0.25) is 14.4 Å². The second-order valence-corrected chi connectivity index (χ2v) is 15.2. The molecule has 2 aromatic rings. The Balaban J connectivity index is 1.68. The van der Waals surface area contributed by atoms with Crippen molar-refractivity contribution in [2.45, 2.75) is 80.3 Å². The number of aliphatic hydroxyl groups is 3. The second-order valence-electron chi connectivity index (χ2n) is 15.2. The Morgan fingerprint density at radius 3 is 2.20 bits per heavy atom. The fraction of sp³-hybridized carbons (Fsp3) is 0.447. The normalized spacial score (nSPS) is 28.4. The highest BCUT2D eigenvalue weighted by Crippen LogP contribution is 2.65. The summed E-state index contributed by atoms with van der Waals surface area (Å²) in [5.74, 6) is -5.30. The molecule has 1 unspecified atom stereocenters. The van der Waals surface area contributed by atoms with Crippen molar-refractivity contribution in [3.63, 3.8) is 0 Å².